The van der Waals surface area contributed by atoms with Crippen molar-refractivity contribution in [3.63, 3.8) is 0 Å². The lowest BCUT2D eigenvalue weighted by atomic mass is 10.0. The average Bonchev–Trinajstić information content (AvgIpc) is 3.20. The van der Waals surface area contributed by atoms with Crippen molar-refractivity contribution in [3.8, 4) is 0 Å². The van der Waals surface area contributed by atoms with Gasteiger partial charge < -0.3 is 15.1 Å². The Kier molecular flexibility index (Phi) is 3.38. The summed E-state index contributed by atoms with van der Waals surface area (Å²) in [6.07, 6.45) is 1.63. The Morgan fingerprint density at radius 1 is 1.20 bits per heavy atom. The van der Waals surface area contributed by atoms with Gasteiger partial charge >= 0.3 is 6.03 Å². The second-order valence-corrected chi connectivity index (χ2v) is 5.78. The number of likely N-dealkylation sites (N-methyl/N-ethyl adjacent to an activating group) is 1. The predicted molar refractivity (Wildman–Crippen MR) is 74.9 cm³/mol. The first-order chi connectivity index (χ1) is 9.61. The first-order valence-electron chi connectivity index (χ1n) is 7.11. The minimum atomic E-state index is -0.480. The molecule has 0 spiro atoms. The molecule has 1 N–H and O–H groups in total. The van der Waals surface area contributed by atoms with Gasteiger partial charge in [-0.3, -0.25) is 0 Å². The van der Waals surface area contributed by atoms with Crippen LogP contribution in [0.3, 0.4) is 0 Å². The van der Waals surface area contributed by atoms with Crippen LogP contribution in [0, 0.1) is 5.82 Å². The summed E-state index contributed by atoms with van der Waals surface area (Å²) in [4.78, 5) is 16.3. The molecule has 0 aromatic heterocycles. The maximum Gasteiger partial charge on any atom is 0.318 e. The smallest absolute Gasteiger partial charge is 0.318 e. The van der Waals surface area contributed by atoms with Crippen molar-refractivity contribution in [1.82, 2.24) is 15.1 Å². The molecule has 1 aromatic rings. The molecule has 1 aliphatic carbocycles. The maximum atomic E-state index is 13.9. The highest BCUT2D eigenvalue weighted by molar-refractivity contribution is 5.76. The number of hydrogen-bond acceptors (Lipinski definition) is 2. The molecule has 0 bridgehead atoms. The lowest BCUT2D eigenvalue weighted by molar-refractivity contribution is 0.150. The van der Waals surface area contributed by atoms with E-state index in [1.54, 1.807) is 12.1 Å². The number of carbonyl (C=O) groups is 1. The maximum absolute atomic E-state index is 13.9. The minimum Gasteiger partial charge on any atom is -0.328 e. The molecule has 5 heteroatoms. The van der Waals surface area contributed by atoms with Gasteiger partial charge in [0.2, 0.25) is 0 Å². The lowest BCUT2D eigenvalue weighted by Gasteiger charge is -2.33. The van der Waals surface area contributed by atoms with Crippen molar-refractivity contribution in [2.45, 2.75) is 18.4 Å². The Morgan fingerprint density at radius 3 is 2.45 bits per heavy atom. The van der Waals surface area contributed by atoms with Gasteiger partial charge in [-0.2, -0.15) is 0 Å². The van der Waals surface area contributed by atoms with Crippen LogP contribution in [0.5, 0.6) is 0 Å². The summed E-state index contributed by atoms with van der Waals surface area (Å²) in [6.45, 7) is 3.24. The first kappa shape index (κ1) is 13.4. The first-order valence-corrected chi connectivity index (χ1v) is 7.11. The van der Waals surface area contributed by atoms with Gasteiger partial charge in [0.15, 0.2) is 0 Å². The van der Waals surface area contributed by atoms with Crippen molar-refractivity contribution in [2.75, 3.05) is 33.2 Å². The van der Waals surface area contributed by atoms with E-state index >= 15 is 0 Å². The number of nitrogens with zero attached hydrogens (tertiary/aromatic N) is 2. The summed E-state index contributed by atoms with van der Waals surface area (Å²) in [5, 5.41) is 3.04. The summed E-state index contributed by atoms with van der Waals surface area (Å²) in [7, 11) is 2.05. The van der Waals surface area contributed by atoms with E-state index in [1.165, 1.54) is 6.07 Å². The predicted octanol–water partition coefficient (Wildman–Crippen LogP) is 1.77. The standard InChI is InChI=1S/C15H20FN3O/c1-18-8-10-19(11-9-18)14(20)17-15(6-7-15)12-4-2-3-5-13(12)16/h2-5H,6-11H2,1H3,(H,17,20). The normalized spacial score (nSPS) is 21.6. The van der Waals surface area contributed by atoms with Gasteiger partial charge in [-0.25, -0.2) is 9.18 Å². The lowest BCUT2D eigenvalue weighted by Crippen LogP contribution is -2.52. The largest absolute Gasteiger partial charge is 0.328 e. The zero-order valence-corrected chi connectivity index (χ0v) is 11.7. The number of halogens is 1. The van der Waals surface area contributed by atoms with Gasteiger partial charge in [0.05, 0.1) is 5.54 Å². The van der Waals surface area contributed by atoms with Crippen LogP contribution in [0.25, 0.3) is 0 Å². The Balaban J connectivity index is 1.68. The summed E-state index contributed by atoms with van der Waals surface area (Å²) in [6, 6.07) is 6.65. The molecule has 0 unspecified atom stereocenters. The van der Waals surface area contributed by atoms with E-state index in [9.17, 15) is 9.18 Å². The number of rotatable bonds is 2. The van der Waals surface area contributed by atoms with Crippen molar-refractivity contribution >= 4 is 6.03 Å². The van der Waals surface area contributed by atoms with Crippen LogP contribution in [0.4, 0.5) is 9.18 Å². The summed E-state index contributed by atoms with van der Waals surface area (Å²) >= 11 is 0. The summed E-state index contributed by atoms with van der Waals surface area (Å²) < 4.78 is 13.9. The second-order valence-electron chi connectivity index (χ2n) is 5.78. The third-order valence-electron chi connectivity index (χ3n) is 4.28. The van der Waals surface area contributed by atoms with Gasteiger partial charge in [-0.15, -0.1) is 0 Å². The van der Waals surface area contributed by atoms with E-state index in [4.69, 9.17) is 0 Å². The van der Waals surface area contributed by atoms with Crippen LogP contribution in [0.1, 0.15) is 18.4 Å². The highest BCUT2D eigenvalue weighted by Crippen LogP contribution is 2.46. The molecule has 0 atom stereocenters. The molecule has 2 aliphatic rings. The Morgan fingerprint density at radius 2 is 1.85 bits per heavy atom. The molecule has 1 aromatic carbocycles. The fraction of sp³-hybridized carbons (Fsp3) is 0.533. The monoisotopic (exact) mass is 277 g/mol. The number of carbonyl (C=O) groups excluding carboxylic acids is 1. The van der Waals surface area contributed by atoms with Crippen LogP contribution in [-0.4, -0.2) is 49.1 Å². The van der Waals surface area contributed by atoms with Gasteiger partial charge in [0.25, 0.3) is 0 Å². The third kappa shape index (κ3) is 2.50. The van der Waals surface area contributed by atoms with Crippen LogP contribution in [0.15, 0.2) is 24.3 Å². The molecule has 3 rings (SSSR count). The molecule has 1 saturated carbocycles. The summed E-state index contributed by atoms with van der Waals surface area (Å²) in [5.74, 6) is -0.233. The Bertz CT molecular complexity index is 508. The highest BCUT2D eigenvalue weighted by Gasteiger charge is 2.48. The zero-order chi connectivity index (χ0) is 14.2. The third-order valence-corrected chi connectivity index (χ3v) is 4.28. The molecule has 1 heterocycles. The van der Waals surface area contributed by atoms with E-state index in [-0.39, 0.29) is 11.8 Å². The van der Waals surface area contributed by atoms with E-state index in [0.29, 0.717) is 5.56 Å². The van der Waals surface area contributed by atoms with Crippen LogP contribution >= 0.6 is 0 Å². The topological polar surface area (TPSA) is 35.6 Å². The second kappa shape index (κ2) is 5.05. The van der Waals surface area contributed by atoms with Crippen LogP contribution in [-0.2, 0) is 5.54 Å². The van der Waals surface area contributed by atoms with Crippen molar-refractivity contribution in [3.05, 3.63) is 35.6 Å². The van der Waals surface area contributed by atoms with Crippen molar-refractivity contribution < 1.29 is 9.18 Å². The fourth-order valence-corrected chi connectivity index (χ4v) is 2.73. The number of urea groups is 1. The molecular weight excluding hydrogens is 257 g/mol. The van der Waals surface area contributed by atoms with Crippen molar-refractivity contribution in [2.24, 2.45) is 0 Å². The highest BCUT2D eigenvalue weighted by atomic mass is 19.1. The molecule has 0 radical (unpaired) electrons. The number of nitrogens with one attached hydrogen (secondary N) is 1. The van der Waals surface area contributed by atoms with Gasteiger partial charge in [0, 0.05) is 31.7 Å². The van der Waals surface area contributed by atoms with Crippen LogP contribution in [0.2, 0.25) is 0 Å². The number of hydrogen-bond donors (Lipinski definition) is 1. The van der Waals surface area contributed by atoms with E-state index in [2.05, 4.69) is 17.3 Å². The Hall–Kier alpha value is -1.62. The van der Waals surface area contributed by atoms with E-state index < -0.39 is 5.54 Å². The molecule has 2 amide bonds. The Labute approximate surface area is 118 Å². The molecular formula is C15H20FN3O. The molecule has 4 nitrogen and oxygen atoms in total. The fourth-order valence-electron chi connectivity index (χ4n) is 2.73. The SMILES string of the molecule is CN1CCN(C(=O)NC2(c3ccccc3F)CC2)CC1. The molecule has 20 heavy (non-hydrogen) atoms. The molecule has 1 aliphatic heterocycles. The van der Waals surface area contributed by atoms with E-state index in [1.807, 2.05) is 11.0 Å². The zero-order valence-electron chi connectivity index (χ0n) is 11.7. The molecule has 108 valence electrons. The van der Waals surface area contributed by atoms with Crippen molar-refractivity contribution in [1.29, 1.82) is 0 Å². The number of amides is 2. The molecule has 1 saturated heterocycles. The minimum absolute atomic E-state index is 0.0705. The van der Waals surface area contributed by atoms with Gasteiger partial charge in [-0.05, 0) is 26.0 Å². The summed E-state index contributed by atoms with van der Waals surface area (Å²) in [5.41, 5.74) is 0.133. The van der Waals surface area contributed by atoms with E-state index in [0.717, 1.165) is 39.0 Å². The quantitative estimate of drug-likeness (QED) is 0.894. The van der Waals surface area contributed by atoms with Gasteiger partial charge in [0.1, 0.15) is 5.82 Å². The number of benzene rings is 1. The van der Waals surface area contributed by atoms with Gasteiger partial charge in [-0.1, -0.05) is 18.2 Å². The van der Waals surface area contributed by atoms with Crippen LogP contribution < -0.4 is 5.32 Å². The molecule has 2 fully saturated rings. The average molecular weight is 277 g/mol. The number of piperazine rings is 1.